The molecule has 0 N–H and O–H groups in total. The van der Waals surface area contributed by atoms with Crippen LogP contribution in [0.3, 0.4) is 0 Å². The normalized spacial score (nSPS) is 12.5. The molecule has 0 aliphatic heterocycles. The van der Waals surface area contributed by atoms with Crippen LogP contribution in [-0.4, -0.2) is 14.8 Å². The molecule has 0 amide bonds. The van der Waals surface area contributed by atoms with Crippen molar-refractivity contribution in [1.29, 1.82) is 0 Å². The molecule has 98 valence electrons. The standard InChI is InChI=1S/C13H10F3N3/c1-7-10-11(19(2)18-7)8-5-3-4-6-9(8)12(17-10)13(14,15)16/h3-6H,1-2H3. The Hall–Kier alpha value is -2.11. The van der Waals surface area contributed by atoms with Crippen molar-refractivity contribution >= 4 is 21.8 Å². The van der Waals surface area contributed by atoms with Crippen LogP contribution in [0.15, 0.2) is 24.3 Å². The molecule has 0 saturated carbocycles. The van der Waals surface area contributed by atoms with Crippen molar-refractivity contribution in [2.24, 2.45) is 7.05 Å². The Labute approximate surface area is 106 Å². The SMILES string of the molecule is Cc1nn(C)c2c1nc(C(F)(F)F)c1ccccc12. The van der Waals surface area contributed by atoms with E-state index in [1.54, 1.807) is 36.9 Å². The lowest BCUT2D eigenvalue weighted by Gasteiger charge is -2.10. The van der Waals surface area contributed by atoms with Crippen molar-refractivity contribution in [1.82, 2.24) is 14.8 Å². The highest BCUT2D eigenvalue weighted by atomic mass is 19.4. The Balaban J connectivity index is 2.60. The second kappa shape index (κ2) is 3.69. The first kappa shape index (κ1) is 12.0. The summed E-state index contributed by atoms with van der Waals surface area (Å²) in [5.74, 6) is 0. The van der Waals surface area contributed by atoms with Crippen LogP contribution in [-0.2, 0) is 13.2 Å². The summed E-state index contributed by atoms with van der Waals surface area (Å²) in [7, 11) is 1.71. The minimum atomic E-state index is -4.48. The van der Waals surface area contributed by atoms with Gasteiger partial charge in [0.15, 0.2) is 5.69 Å². The predicted molar refractivity (Wildman–Crippen MR) is 65.8 cm³/mol. The van der Waals surface area contributed by atoms with Crippen molar-refractivity contribution in [3.05, 3.63) is 35.7 Å². The van der Waals surface area contributed by atoms with E-state index < -0.39 is 11.9 Å². The zero-order valence-corrected chi connectivity index (χ0v) is 10.3. The van der Waals surface area contributed by atoms with E-state index in [9.17, 15) is 13.2 Å². The third-order valence-corrected chi connectivity index (χ3v) is 3.12. The van der Waals surface area contributed by atoms with Crippen LogP contribution in [0.4, 0.5) is 13.2 Å². The summed E-state index contributed by atoms with van der Waals surface area (Å²) in [6.45, 7) is 1.66. The van der Waals surface area contributed by atoms with E-state index in [1.807, 2.05) is 0 Å². The van der Waals surface area contributed by atoms with Crippen molar-refractivity contribution in [3.63, 3.8) is 0 Å². The fraction of sp³-hybridized carbons (Fsp3) is 0.231. The summed E-state index contributed by atoms with van der Waals surface area (Å²) in [5, 5.41) is 4.77. The number of hydrogen-bond donors (Lipinski definition) is 0. The summed E-state index contributed by atoms with van der Waals surface area (Å²) in [4.78, 5) is 3.79. The Morgan fingerprint density at radius 2 is 1.74 bits per heavy atom. The summed E-state index contributed by atoms with van der Waals surface area (Å²) in [6, 6.07) is 6.39. The summed E-state index contributed by atoms with van der Waals surface area (Å²) in [5.41, 5.74) is 0.565. The molecule has 0 bridgehead atoms. The van der Waals surface area contributed by atoms with E-state index in [1.165, 1.54) is 6.07 Å². The molecule has 0 fully saturated rings. The van der Waals surface area contributed by atoms with Crippen LogP contribution in [0.1, 0.15) is 11.4 Å². The molecule has 0 radical (unpaired) electrons. The summed E-state index contributed by atoms with van der Waals surface area (Å²) >= 11 is 0. The molecule has 19 heavy (non-hydrogen) atoms. The molecule has 3 aromatic rings. The first-order chi connectivity index (χ1) is 8.89. The average Bonchev–Trinajstić information content (AvgIpc) is 2.63. The van der Waals surface area contributed by atoms with E-state index in [4.69, 9.17) is 0 Å². The fourth-order valence-electron chi connectivity index (χ4n) is 2.37. The second-order valence-corrected chi connectivity index (χ2v) is 4.41. The molecule has 3 nitrogen and oxygen atoms in total. The third-order valence-electron chi connectivity index (χ3n) is 3.12. The van der Waals surface area contributed by atoms with E-state index in [0.717, 1.165) is 0 Å². The van der Waals surface area contributed by atoms with Crippen LogP contribution in [0.2, 0.25) is 0 Å². The quantitative estimate of drug-likeness (QED) is 0.623. The number of pyridine rings is 1. The van der Waals surface area contributed by atoms with Gasteiger partial charge >= 0.3 is 6.18 Å². The molecule has 0 aliphatic rings. The first-order valence-electron chi connectivity index (χ1n) is 5.69. The number of aryl methyl sites for hydroxylation is 2. The van der Waals surface area contributed by atoms with Crippen LogP contribution in [0.25, 0.3) is 21.8 Å². The van der Waals surface area contributed by atoms with Crippen LogP contribution < -0.4 is 0 Å². The van der Waals surface area contributed by atoms with Crippen LogP contribution in [0.5, 0.6) is 0 Å². The predicted octanol–water partition coefficient (Wildman–Crippen LogP) is 3.45. The lowest BCUT2D eigenvalue weighted by Crippen LogP contribution is -2.09. The molecule has 3 rings (SSSR count). The monoisotopic (exact) mass is 265 g/mol. The van der Waals surface area contributed by atoms with Gasteiger partial charge in [0.05, 0.1) is 11.2 Å². The lowest BCUT2D eigenvalue weighted by atomic mass is 10.1. The molecule has 6 heteroatoms. The zero-order chi connectivity index (χ0) is 13.8. The minimum absolute atomic E-state index is 0.102. The maximum absolute atomic E-state index is 13.1. The lowest BCUT2D eigenvalue weighted by molar-refractivity contribution is -0.139. The number of fused-ring (bicyclic) bond motifs is 3. The fourth-order valence-corrected chi connectivity index (χ4v) is 2.37. The van der Waals surface area contributed by atoms with Gasteiger partial charge in [0.1, 0.15) is 5.52 Å². The number of halogens is 3. The van der Waals surface area contributed by atoms with Crippen LogP contribution >= 0.6 is 0 Å². The van der Waals surface area contributed by atoms with Crippen molar-refractivity contribution < 1.29 is 13.2 Å². The second-order valence-electron chi connectivity index (χ2n) is 4.41. The largest absolute Gasteiger partial charge is 0.433 e. The Morgan fingerprint density at radius 3 is 2.37 bits per heavy atom. The summed E-state index contributed by atoms with van der Waals surface area (Å²) < 4.78 is 40.9. The van der Waals surface area contributed by atoms with E-state index >= 15 is 0 Å². The number of aromatic nitrogens is 3. The maximum atomic E-state index is 13.1. The van der Waals surface area contributed by atoms with Gasteiger partial charge in [0, 0.05) is 17.8 Å². The summed E-state index contributed by atoms with van der Waals surface area (Å²) in [6.07, 6.45) is -4.48. The zero-order valence-electron chi connectivity index (χ0n) is 10.3. The van der Waals surface area contributed by atoms with Gasteiger partial charge in [-0.05, 0) is 6.92 Å². The highest BCUT2D eigenvalue weighted by Gasteiger charge is 2.35. The molecule has 2 heterocycles. The Morgan fingerprint density at radius 1 is 1.11 bits per heavy atom. The van der Waals surface area contributed by atoms with Crippen molar-refractivity contribution in [2.45, 2.75) is 13.1 Å². The molecule has 1 aromatic carbocycles. The number of rotatable bonds is 0. The number of nitrogens with zero attached hydrogens (tertiary/aromatic N) is 3. The Kier molecular flexibility index (Phi) is 2.32. The van der Waals surface area contributed by atoms with E-state index in [0.29, 0.717) is 22.1 Å². The smallest absolute Gasteiger partial charge is 0.265 e. The molecule has 0 unspecified atom stereocenters. The van der Waals surface area contributed by atoms with Crippen molar-refractivity contribution in [2.75, 3.05) is 0 Å². The molecular weight excluding hydrogens is 255 g/mol. The van der Waals surface area contributed by atoms with Crippen molar-refractivity contribution in [3.8, 4) is 0 Å². The van der Waals surface area contributed by atoms with Gasteiger partial charge in [-0.1, -0.05) is 24.3 Å². The number of benzene rings is 1. The molecule has 0 spiro atoms. The van der Waals surface area contributed by atoms with Crippen LogP contribution in [0, 0.1) is 6.92 Å². The molecular formula is C13H10F3N3. The van der Waals surface area contributed by atoms with Gasteiger partial charge in [0.2, 0.25) is 0 Å². The molecule has 0 atom stereocenters. The van der Waals surface area contributed by atoms with Gasteiger partial charge in [-0.3, -0.25) is 4.68 Å². The Bertz CT molecular complexity index is 787. The number of alkyl halides is 3. The number of hydrogen-bond acceptors (Lipinski definition) is 2. The molecule has 0 aliphatic carbocycles. The maximum Gasteiger partial charge on any atom is 0.433 e. The third kappa shape index (κ3) is 1.67. The average molecular weight is 265 g/mol. The van der Waals surface area contributed by atoms with E-state index in [2.05, 4.69) is 10.1 Å². The minimum Gasteiger partial charge on any atom is -0.265 e. The van der Waals surface area contributed by atoms with Gasteiger partial charge in [-0.2, -0.15) is 18.3 Å². The van der Waals surface area contributed by atoms with Gasteiger partial charge in [0.25, 0.3) is 0 Å². The van der Waals surface area contributed by atoms with E-state index in [-0.39, 0.29) is 5.39 Å². The topological polar surface area (TPSA) is 30.7 Å². The highest BCUT2D eigenvalue weighted by molar-refractivity contribution is 6.05. The first-order valence-corrected chi connectivity index (χ1v) is 5.69. The van der Waals surface area contributed by atoms with Gasteiger partial charge in [-0.15, -0.1) is 0 Å². The highest BCUT2D eigenvalue weighted by Crippen LogP contribution is 2.36. The molecule has 0 saturated heterocycles. The van der Waals surface area contributed by atoms with Gasteiger partial charge < -0.3 is 0 Å². The molecule has 2 aromatic heterocycles. The van der Waals surface area contributed by atoms with Gasteiger partial charge in [-0.25, -0.2) is 4.98 Å².